The highest BCUT2D eigenvalue weighted by atomic mass is 32.2. The van der Waals surface area contributed by atoms with Crippen LogP contribution in [0.4, 0.5) is 11.4 Å². The lowest BCUT2D eigenvalue weighted by atomic mass is 10.1. The Bertz CT molecular complexity index is 1480. The first kappa shape index (κ1) is 27.0. The number of aryl methyl sites for hydroxylation is 1. The average Bonchev–Trinajstić information content (AvgIpc) is 3.39. The first-order valence-corrected chi connectivity index (χ1v) is 15.4. The van der Waals surface area contributed by atoms with Crippen LogP contribution in [0.15, 0.2) is 66.7 Å². The highest BCUT2D eigenvalue weighted by molar-refractivity contribution is 7.92. The maximum Gasteiger partial charge on any atom is 0.232 e. The monoisotopic (exact) mass is 547 g/mol. The molecule has 5 rings (SSSR count). The van der Waals surface area contributed by atoms with Crippen molar-refractivity contribution in [2.45, 2.75) is 26.7 Å². The van der Waals surface area contributed by atoms with Crippen molar-refractivity contribution >= 4 is 32.4 Å². The third kappa shape index (κ3) is 6.72. The third-order valence-corrected chi connectivity index (χ3v) is 8.61. The zero-order valence-electron chi connectivity index (χ0n) is 22.7. The summed E-state index contributed by atoms with van der Waals surface area (Å²) in [5.74, 6) is 1.75. The van der Waals surface area contributed by atoms with E-state index in [1.165, 1.54) is 11.3 Å². The van der Waals surface area contributed by atoms with Gasteiger partial charge >= 0.3 is 0 Å². The number of benzene rings is 3. The Morgan fingerprint density at radius 1 is 0.949 bits per heavy atom. The molecule has 1 aromatic heterocycles. The normalized spacial score (nSPS) is 14.6. The maximum atomic E-state index is 11.9. The number of nitrogens with one attached hydrogen (secondary N) is 2. The fourth-order valence-electron chi connectivity index (χ4n) is 4.93. The molecule has 39 heavy (non-hydrogen) atoms. The van der Waals surface area contributed by atoms with Crippen LogP contribution in [-0.4, -0.2) is 68.4 Å². The summed E-state index contributed by atoms with van der Waals surface area (Å²) in [6.07, 6.45) is 1.61. The van der Waals surface area contributed by atoms with E-state index >= 15 is 0 Å². The van der Waals surface area contributed by atoms with Gasteiger partial charge in [0, 0.05) is 44.0 Å². The second-order valence-electron chi connectivity index (χ2n) is 9.93. The number of nitrogens with zero attached hydrogens (tertiary/aromatic N) is 3. The minimum Gasteiger partial charge on any atom is -0.492 e. The van der Waals surface area contributed by atoms with Gasteiger partial charge in [0.05, 0.1) is 17.0 Å². The number of piperazine rings is 1. The van der Waals surface area contributed by atoms with E-state index in [1.807, 2.05) is 6.92 Å². The van der Waals surface area contributed by atoms with Crippen LogP contribution in [0.1, 0.15) is 25.8 Å². The molecule has 1 aliphatic rings. The van der Waals surface area contributed by atoms with Crippen molar-refractivity contribution in [1.29, 1.82) is 0 Å². The largest absolute Gasteiger partial charge is 0.492 e. The number of anilines is 2. The summed E-state index contributed by atoms with van der Waals surface area (Å²) in [6.45, 7) is 9.19. The molecule has 8 nitrogen and oxygen atoms in total. The molecule has 1 aliphatic heterocycles. The quantitative estimate of drug-likeness (QED) is 0.270. The number of hydrogen-bond acceptors (Lipinski definition) is 6. The van der Waals surface area contributed by atoms with E-state index in [0.29, 0.717) is 18.7 Å². The molecule has 0 amide bonds. The van der Waals surface area contributed by atoms with Crippen molar-refractivity contribution in [3.8, 4) is 17.1 Å². The average molecular weight is 548 g/mol. The number of para-hydroxylation sites is 1. The van der Waals surface area contributed by atoms with Crippen LogP contribution in [0.3, 0.4) is 0 Å². The van der Waals surface area contributed by atoms with E-state index < -0.39 is 10.0 Å². The minimum atomic E-state index is -3.29. The van der Waals surface area contributed by atoms with E-state index in [9.17, 15) is 8.42 Å². The van der Waals surface area contributed by atoms with Gasteiger partial charge in [-0.2, -0.15) is 0 Å². The summed E-state index contributed by atoms with van der Waals surface area (Å²) in [7, 11) is -3.29. The number of aromatic amines is 1. The van der Waals surface area contributed by atoms with Crippen molar-refractivity contribution in [3.63, 3.8) is 0 Å². The third-order valence-electron chi connectivity index (χ3n) is 7.12. The predicted octanol–water partition coefficient (Wildman–Crippen LogP) is 5.15. The highest BCUT2D eigenvalue weighted by Crippen LogP contribution is 2.29. The molecule has 0 atom stereocenters. The minimum absolute atomic E-state index is 0.115. The number of aromatic nitrogens is 2. The first-order chi connectivity index (χ1) is 18.9. The van der Waals surface area contributed by atoms with Crippen LogP contribution >= 0.6 is 0 Å². The smallest absolute Gasteiger partial charge is 0.232 e. The summed E-state index contributed by atoms with van der Waals surface area (Å²) in [5, 5.41) is 0. The van der Waals surface area contributed by atoms with E-state index in [0.717, 1.165) is 67.3 Å². The van der Waals surface area contributed by atoms with Crippen molar-refractivity contribution in [2.24, 2.45) is 0 Å². The molecule has 4 aromatic rings. The molecule has 0 bridgehead atoms. The Hall–Kier alpha value is -3.56. The fourth-order valence-corrected chi connectivity index (χ4v) is 6.07. The lowest BCUT2D eigenvalue weighted by Gasteiger charge is -2.36. The molecule has 0 aliphatic carbocycles. The SMILES string of the molecule is CCCS(=O)(=O)Nc1ccc(OCCN2CCN(c3cccc4[nH]c(-c5ccc(CC)cc5)nc34)CC2)cc1. The van der Waals surface area contributed by atoms with Gasteiger partial charge in [0.15, 0.2) is 0 Å². The van der Waals surface area contributed by atoms with Crippen LogP contribution in [0.5, 0.6) is 5.75 Å². The number of fused-ring (bicyclic) bond motifs is 1. The second kappa shape index (κ2) is 12.1. The predicted molar refractivity (Wildman–Crippen MR) is 159 cm³/mol. The van der Waals surface area contributed by atoms with E-state index in [2.05, 4.69) is 68.9 Å². The number of sulfonamides is 1. The molecule has 2 N–H and O–H groups in total. The van der Waals surface area contributed by atoms with Gasteiger partial charge in [0.2, 0.25) is 10.0 Å². The Morgan fingerprint density at radius 3 is 2.38 bits per heavy atom. The topological polar surface area (TPSA) is 90.6 Å². The molecule has 0 spiro atoms. The van der Waals surface area contributed by atoms with Gasteiger partial charge in [-0.3, -0.25) is 9.62 Å². The fraction of sp³-hybridized carbons (Fsp3) is 0.367. The molecule has 1 fully saturated rings. The number of H-pyrrole nitrogens is 1. The van der Waals surface area contributed by atoms with Gasteiger partial charge < -0.3 is 14.6 Å². The Labute approximate surface area is 231 Å². The van der Waals surface area contributed by atoms with Crippen LogP contribution in [0.2, 0.25) is 0 Å². The molecule has 3 aromatic carbocycles. The maximum absolute atomic E-state index is 11.9. The van der Waals surface area contributed by atoms with Crippen LogP contribution < -0.4 is 14.4 Å². The van der Waals surface area contributed by atoms with Gasteiger partial charge in [0.1, 0.15) is 23.7 Å². The van der Waals surface area contributed by atoms with Gasteiger partial charge in [-0.15, -0.1) is 0 Å². The Balaban J connectivity index is 1.13. The van der Waals surface area contributed by atoms with Crippen LogP contribution in [0.25, 0.3) is 22.4 Å². The summed E-state index contributed by atoms with van der Waals surface area (Å²) >= 11 is 0. The molecule has 0 radical (unpaired) electrons. The van der Waals surface area contributed by atoms with E-state index in [4.69, 9.17) is 9.72 Å². The molecule has 0 unspecified atom stereocenters. The second-order valence-corrected chi connectivity index (χ2v) is 11.8. The van der Waals surface area contributed by atoms with Gasteiger partial charge in [0.25, 0.3) is 0 Å². The van der Waals surface area contributed by atoms with Crippen molar-refractivity contribution < 1.29 is 13.2 Å². The lowest BCUT2D eigenvalue weighted by molar-refractivity contribution is 0.200. The summed E-state index contributed by atoms with van der Waals surface area (Å²) in [4.78, 5) is 13.3. The van der Waals surface area contributed by atoms with Gasteiger partial charge in [-0.05, 0) is 54.8 Å². The summed E-state index contributed by atoms with van der Waals surface area (Å²) in [6, 6.07) is 22.1. The van der Waals surface area contributed by atoms with Gasteiger partial charge in [-0.1, -0.05) is 44.2 Å². The van der Waals surface area contributed by atoms with Crippen molar-refractivity contribution in [3.05, 3.63) is 72.3 Å². The summed E-state index contributed by atoms with van der Waals surface area (Å²) < 4.78 is 32.4. The van der Waals surface area contributed by atoms with Crippen LogP contribution in [0, 0.1) is 0 Å². The first-order valence-electron chi connectivity index (χ1n) is 13.7. The molecular weight excluding hydrogens is 510 g/mol. The Morgan fingerprint density at radius 2 is 1.69 bits per heavy atom. The highest BCUT2D eigenvalue weighted by Gasteiger charge is 2.20. The lowest BCUT2D eigenvalue weighted by Crippen LogP contribution is -2.47. The van der Waals surface area contributed by atoms with E-state index in [-0.39, 0.29) is 5.75 Å². The molecule has 206 valence electrons. The number of ether oxygens (including phenoxy) is 1. The zero-order valence-corrected chi connectivity index (χ0v) is 23.5. The van der Waals surface area contributed by atoms with Crippen molar-refractivity contribution in [2.75, 3.05) is 54.7 Å². The number of imidazole rings is 1. The van der Waals surface area contributed by atoms with Gasteiger partial charge in [-0.25, -0.2) is 13.4 Å². The standard InChI is InChI=1S/C30H37N5O3S/c1-3-22-39(36,37)33-25-12-14-26(15-13-25)38-21-20-34-16-18-35(19-17-34)28-7-5-6-27-29(28)32-30(31-27)24-10-8-23(4-2)9-11-24/h5-15,33H,3-4,16-22H2,1-2H3,(H,31,32). The molecule has 0 saturated carbocycles. The number of hydrogen-bond donors (Lipinski definition) is 2. The van der Waals surface area contributed by atoms with Crippen LogP contribution in [-0.2, 0) is 16.4 Å². The molecule has 2 heterocycles. The summed E-state index contributed by atoms with van der Waals surface area (Å²) in [5.41, 5.74) is 6.23. The van der Waals surface area contributed by atoms with E-state index in [1.54, 1.807) is 24.3 Å². The molecular formula is C30H37N5O3S. The van der Waals surface area contributed by atoms with Crippen molar-refractivity contribution in [1.82, 2.24) is 14.9 Å². The zero-order chi connectivity index (χ0) is 27.2. The number of rotatable bonds is 11. The Kier molecular flexibility index (Phi) is 8.38. The molecule has 9 heteroatoms. The molecule has 1 saturated heterocycles.